The van der Waals surface area contributed by atoms with Gasteiger partial charge in [0.05, 0.1) is 17.7 Å². The highest BCUT2D eigenvalue weighted by Crippen LogP contribution is 2.21. The summed E-state index contributed by atoms with van der Waals surface area (Å²) in [6.07, 6.45) is -0.598. The Morgan fingerprint density at radius 3 is 2.38 bits per heavy atom. The van der Waals surface area contributed by atoms with Gasteiger partial charge in [-0.1, -0.05) is 0 Å². The maximum absolute atomic E-state index is 9.88. The first-order chi connectivity index (χ1) is 10.2. The second-order valence-corrected chi connectivity index (χ2v) is 5.50. The molecular weight excluding hydrogens is 286 g/mol. The van der Waals surface area contributed by atoms with Gasteiger partial charge in [-0.3, -0.25) is 0 Å². The molecule has 0 aliphatic heterocycles. The van der Waals surface area contributed by atoms with E-state index in [4.69, 9.17) is 10.00 Å². The lowest BCUT2D eigenvalue weighted by Gasteiger charge is -2.12. The minimum atomic E-state index is -0.598. The molecule has 0 fully saturated rings. The largest absolute Gasteiger partial charge is 0.508 e. The number of nitriles is 1. The van der Waals surface area contributed by atoms with Crippen LogP contribution in [0.25, 0.3) is 0 Å². The fourth-order valence-corrected chi connectivity index (χ4v) is 2.41. The van der Waals surface area contributed by atoms with Crippen LogP contribution in [0.5, 0.6) is 11.5 Å². The highest BCUT2D eigenvalue weighted by atomic mass is 32.2. The number of aromatic hydroxyl groups is 1. The minimum absolute atomic E-state index is 0.191. The molecule has 0 radical (unpaired) electrons. The Hall–Kier alpha value is -2.16. The van der Waals surface area contributed by atoms with Crippen molar-refractivity contribution in [2.45, 2.75) is 11.0 Å². The number of aliphatic hydroxyl groups excluding tert-OH is 1. The number of rotatable bonds is 6. The van der Waals surface area contributed by atoms with E-state index in [1.807, 2.05) is 6.07 Å². The summed E-state index contributed by atoms with van der Waals surface area (Å²) < 4.78 is 5.46. The fourth-order valence-electron chi connectivity index (χ4n) is 1.60. The second-order valence-electron chi connectivity index (χ2n) is 4.41. The van der Waals surface area contributed by atoms with Crippen LogP contribution in [0.2, 0.25) is 0 Å². The molecule has 0 amide bonds. The molecule has 2 N–H and O–H groups in total. The average Bonchev–Trinajstić information content (AvgIpc) is 2.53. The summed E-state index contributed by atoms with van der Waals surface area (Å²) in [7, 11) is 0. The first kappa shape index (κ1) is 15.2. The molecule has 108 valence electrons. The summed E-state index contributed by atoms with van der Waals surface area (Å²) in [5.41, 5.74) is 0.575. The van der Waals surface area contributed by atoms with E-state index in [2.05, 4.69) is 0 Å². The Bertz CT molecular complexity index is 605. The van der Waals surface area contributed by atoms with Crippen molar-refractivity contribution in [3.05, 3.63) is 54.1 Å². The van der Waals surface area contributed by atoms with E-state index < -0.39 is 6.10 Å². The van der Waals surface area contributed by atoms with Crippen molar-refractivity contribution in [1.29, 1.82) is 5.26 Å². The van der Waals surface area contributed by atoms with Crippen LogP contribution in [0.4, 0.5) is 0 Å². The fraction of sp³-hybridized carbons (Fsp3) is 0.188. The molecule has 1 atom stereocenters. The molecule has 0 saturated carbocycles. The monoisotopic (exact) mass is 301 g/mol. The van der Waals surface area contributed by atoms with Crippen molar-refractivity contribution in [1.82, 2.24) is 0 Å². The number of ether oxygens (including phenoxy) is 1. The van der Waals surface area contributed by atoms with Gasteiger partial charge >= 0.3 is 0 Å². The summed E-state index contributed by atoms with van der Waals surface area (Å²) in [5, 5.41) is 27.8. The van der Waals surface area contributed by atoms with E-state index in [9.17, 15) is 10.2 Å². The Balaban J connectivity index is 1.75. The van der Waals surface area contributed by atoms with Crippen LogP contribution in [0.15, 0.2) is 53.4 Å². The zero-order valence-corrected chi connectivity index (χ0v) is 12.1. The molecule has 0 aromatic heterocycles. The molecule has 0 spiro atoms. The molecule has 0 heterocycles. The molecule has 2 aromatic rings. The van der Waals surface area contributed by atoms with Crippen LogP contribution < -0.4 is 4.74 Å². The molecular formula is C16H15NO3S. The second kappa shape index (κ2) is 7.58. The van der Waals surface area contributed by atoms with Crippen molar-refractivity contribution in [3.63, 3.8) is 0 Å². The van der Waals surface area contributed by atoms with Crippen molar-refractivity contribution in [2.24, 2.45) is 0 Å². The number of benzene rings is 2. The Morgan fingerprint density at radius 1 is 1.10 bits per heavy atom. The van der Waals surface area contributed by atoms with E-state index in [0.717, 1.165) is 4.90 Å². The van der Waals surface area contributed by atoms with Crippen LogP contribution >= 0.6 is 11.8 Å². The quantitative estimate of drug-likeness (QED) is 0.803. The average molecular weight is 301 g/mol. The molecule has 21 heavy (non-hydrogen) atoms. The summed E-state index contributed by atoms with van der Waals surface area (Å²) in [6, 6.07) is 15.6. The Labute approximate surface area is 127 Å². The summed E-state index contributed by atoms with van der Waals surface area (Å²) in [6.45, 7) is 0.191. The first-order valence-electron chi connectivity index (χ1n) is 6.40. The van der Waals surface area contributed by atoms with Gasteiger partial charge in [-0.2, -0.15) is 5.26 Å². The third kappa shape index (κ3) is 5.03. The third-order valence-electron chi connectivity index (χ3n) is 2.70. The molecule has 0 aliphatic rings. The van der Waals surface area contributed by atoms with Crippen LogP contribution in [0.1, 0.15) is 5.56 Å². The van der Waals surface area contributed by atoms with E-state index in [1.54, 1.807) is 48.5 Å². The molecule has 0 aliphatic carbocycles. The number of phenolic OH excluding ortho intramolecular Hbond substituents is 1. The number of thioether (sulfide) groups is 1. The van der Waals surface area contributed by atoms with Gasteiger partial charge in [0, 0.05) is 10.6 Å². The highest BCUT2D eigenvalue weighted by Gasteiger charge is 2.06. The summed E-state index contributed by atoms with van der Waals surface area (Å²) >= 11 is 1.49. The van der Waals surface area contributed by atoms with Gasteiger partial charge in [0.25, 0.3) is 0 Å². The van der Waals surface area contributed by atoms with E-state index in [1.165, 1.54) is 11.8 Å². The SMILES string of the molecule is N#Cc1ccc(OC[C@H](O)CSc2ccc(O)cc2)cc1. The first-order valence-corrected chi connectivity index (χ1v) is 7.39. The molecule has 0 bridgehead atoms. The Kier molecular flexibility index (Phi) is 5.50. The summed E-state index contributed by atoms with van der Waals surface area (Å²) in [5.74, 6) is 1.35. The van der Waals surface area contributed by atoms with E-state index in [0.29, 0.717) is 17.1 Å². The highest BCUT2D eigenvalue weighted by molar-refractivity contribution is 7.99. The lowest BCUT2D eigenvalue weighted by Crippen LogP contribution is -2.20. The smallest absolute Gasteiger partial charge is 0.119 e. The topological polar surface area (TPSA) is 73.5 Å². The van der Waals surface area contributed by atoms with Crippen LogP contribution in [-0.2, 0) is 0 Å². The van der Waals surface area contributed by atoms with Gasteiger partial charge in [-0.15, -0.1) is 11.8 Å². The number of hydrogen-bond acceptors (Lipinski definition) is 5. The van der Waals surface area contributed by atoms with Crippen molar-refractivity contribution in [2.75, 3.05) is 12.4 Å². The van der Waals surface area contributed by atoms with Crippen LogP contribution in [-0.4, -0.2) is 28.7 Å². The van der Waals surface area contributed by atoms with Gasteiger partial charge in [-0.05, 0) is 48.5 Å². The summed E-state index contributed by atoms with van der Waals surface area (Å²) in [4.78, 5) is 0.977. The molecule has 2 aromatic carbocycles. The van der Waals surface area contributed by atoms with Crippen LogP contribution in [0, 0.1) is 11.3 Å². The number of hydrogen-bond donors (Lipinski definition) is 2. The zero-order valence-electron chi connectivity index (χ0n) is 11.3. The third-order valence-corrected chi connectivity index (χ3v) is 3.86. The normalized spacial score (nSPS) is 11.6. The van der Waals surface area contributed by atoms with Crippen molar-refractivity contribution >= 4 is 11.8 Å². The lowest BCUT2D eigenvalue weighted by molar-refractivity contribution is 0.126. The van der Waals surface area contributed by atoms with Crippen molar-refractivity contribution < 1.29 is 14.9 Å². The van der Waals surface area contributed by atoms with Gasteiger partial charge in [0.2, 0.25) is 0 Å². The number of phenols is 1. The number of nitrogens with zero attached hydrogens (tertiary/aromatic N) is 1. The molecule has 5 heteroatoms. The van der Waals surface area contributed by atoms with Gasteiger partial charge in [0.1, 0.15) is 18.1 Å². The maximum Gasteiger partial charge on any atom is 0.119 e. The van der Waals surface area contributed by atoms with Gasteiger partial charge in [0.15, 0.2) is 0 Å². The van der Waals surface area contributed by atoms with Gasteiger partial charge in [-0.25, -0.2) is 0 Å². The molecule has 4 nitrogen and oxygen atoms in total. The maximum atomic E-state index is 9.88. The minimum Gasteiger partial charge on any atom is -0.508 e. The standard InChI is InChI=1S/C16H15NO3S/c17-9-12-1-5-15(6-2-12)20-10-14(19)11-21-16-7-3-13(18)4-8-16/h1-8,14,18-19H,10-11H2/t14-/m0/s1. The van der Waals surface area contributed by atoms with E-state index in [-0.39, 0.29) is 12.4 Å². The van der Waals surface area contributed by atoms with E-state index >= 15 is 0 Å². The zero-order chi connectivity index (χ0) is 15.1. The Morgan fingerprint density at radius 2 is 1.76 bits per heavy atom. The molecule has 0 saturated heterocycles. The predicted octanol–water partition coefficient (Wildman–Crippen LogP) is 2.80. The molecule has 2 rings (SSSR count). The molecule has 0 unspecified atom stereocenters. The van der Waals surface area contributed by atoms with Crippen molar-refractivity contribution in [3.8, 4) is 17.6 Å². The number of aliphatic hydroxyl groups is 1. The van der Waals surface area contributed by atoms with Crippen LogP contribution in [0.3, 0.4) is 0 Å². The van der Waals surface area contributed by atoms with Gasteiger partial charge < -0.3 is 14.9 Å². The lowest BCUT2D eigenvalue weighted by atomic mass is 10.2. The predicted molar refractivity (Wildman–Crippen MR) is 81.5 cm³/mol.